The van der Waals surface area contributed by atoms with Gasteiger partial charge < -0.3 is 4.74 Å². The largest absolute Gasteiger partial charge is 0.493 e. The Morgan fingerprint density at radius 3 is 2.33 bits per heavy atom. The zero-order valence-corrected chi connectivity index (χ0v) is 7.56. The molecule has 0 aliphatic carbocycles. The van der Waals surface area contributed by atoms with E-state index < -0.39 is 23.3 Å². The van der Waals surface area contributed by atoms with Crippen LogP contribution in [0.25, 0.3) is 0 Å². The third kappa shape index (κ3) is 2.08. The monoisotopic (exact) mass is 222 g/mol. The molecule has 0 aromatic heterocycles. The Hall–Kier alpha value is -1.59. The molecule has 0 amide bonds. The molecule has 0 aliphatic rings. The Morgan fingerprint density at radius 2 is 1.93 bits per heavy atom. The van der Waals surface area contributed by atoms with Gasteiger partial charge in [0, 0.05) is 0 Å². The van der Waals surface area contributed by atoms with Gasteiger partial charge in [-0.15, -0.1) is 0 Å². The fourth-order valence-corrected chi connectivity index (χ4v) is 1.09. The molecule has 0 atom stereocenters. The minimum atomic E-state index is -4.81. The van der Waals surface area contributed by atoms with Gasteiger partial charge in [0.15, 0.2) is 17.9 Å². The molecule has 1 rings (SSSR count). The van der Waals surface area contributed by atoms with Gasteiger partial charge in [-0.1, -0.05) is 0 Å². The number of carbonyl (C=O) groups excluding carboxylic acids is 1. The fourth-order valence-electron chi connectivity index (χ4n) is 1.09. The summed E-state index contributed by atoms with van der Waals surface area (Å²) in [7, 11) is 0.992. The fraction of sp³-hybridized carbons (Fsp3) is 0.222. The predicted molar refractivity (Wildman–Crippen MR) is 43.3 cm³/mol. The molecule has 6 heteroatoms. The number of carbonyl (C=O) groups is 1. The van der Waals surface area contributed by atoms with Gasteiger partial charge in [-0.2, -0.15) is 13.2 Å². The number of methoxy groups -OCH3 is 1. The van der Waals surface area contributed by atoms with Gasteiger partial charge in [-0.25, -0.2) is 4.39 Å². The molecule has 0 saturated carbocycles. The predicted octanol–water partition coefficient (Wildman–Crippen LogP) is 2.67. The molecule has 82 valence electrons. The van der Waals surface area contributed by atoms with Crippen molar-refractivity contribution in [2.75, 3.05) is 7.11 Å². The van der Waals surface area contributed by atoms with E-state index >= 15 is 0 Å². The number of benzene rings is 1. The summed E-state index contributed by atoms with van der Waals surface area (Å²) in [6.07, 6.45) is -4.58. The summed E-state index contributed by atoms with van der Waals surface area (Å²) < 4.78 is 54.3. The summed E-state index contributed by atoms with van der Waals surface area (Å²) in [6, 6.07) is 1.36. The highest BCUT2D eigenvalue weighted by molar-refractivity contribution is 5.79. The van der Waals surface area contributed by atoms with Crippen LogP contribution in [0.2, 0.25) is 0 Å². The van der Waals surface area contributed by atoms with Crippen LogP contribution in [0.1, 0.15) is 15.9 Å². The van der Waals surface area contributed by atoms with E-state index in [2.05, 4.69) is 4.74 Å². The standard InChI is InChI=1S/C9H6F4O2/c1-15-8-5(4-14)2-3-6(7(8)10)9(11,12)13/h2-4H,1H3. The highest BCUT2D eigenvalue weighted by Gasteiger charge is 2.36. The molecule has 0 unspecified atom stereocenters. The molecule has 0 heterocycles. The molecule has 0 bridgehead atoms. The summed E-state index contributed by atoms with van der Waals surface area (Å²) in [6.45, 7) is 0. The average Bonchev–Trinajstić information content (AvgIpc) is 2.15. The van der Waals surface area contributed by atoms with E-state index in [0.29, 0.717) is 6.07 Å². The molecule has 1 aromatic rings. The second-order valence-corrected chi connectivity index (χ2v) is 2.67. The van der Waals surface area contributed by atoms with Gasteiger partial charge in [-0.3, -0.25) is 4.79 Å². The highest BCUT2D eigenvalue weighted by Crippen LogP contribution is 2.35. The van der Waals surface area contributed by atoms with Crippen molar-refractivity contribution >= 4 is 6.29 Å². The average molecular weight is 222 g/mol. The van der Waals surface area contributed by atoms with Crippen molar-refractivity contribution in [3.63, 3.8) is 0 Å². The minimum Gasteiger partial charge on any atom is -0.493 e. The van der Waals surface area contributed by atoms with Gasteiger partial charge in [0.2, 0.25) is 0 Å². The molecule has 15 heavy (non-hydrogen) atoms. The third-order valence-corrected chi connectivity index (χ3v) is 1.76. The van der Waals surface area contributed by atoms with E-state index in [9.17, 15) is 22.4 Å². The normalized spacial score (nSPS) is 11.3. The molecular formula is C9H6F4O2. The van der Waals surface area contributed by atoms with Crippen molar-refractivity contribution in [1.29, 1.82) is 0 Å². The number of alkyl halides is 3. The number of hydrogen-bond acceptors (Lipinski definition) is 2. The first-order valence-corrected chi connectivity index (χ1v) is 3.80. The van der Waals surface area contributed by atoms with E-state index in [4.69, 9.17) is 0 Å². The van der Waals surface area contributed by atoms with E-state index in [1.165, 1.54) is 0 Å². The van der Waals surface area contributed by atoms with E-state index in [1.54, 1.807) is 0 Å². The van der Waals surface area contributed by atoms with Crippen LogP contribution in [0.3, 0.4) is 0 Å². The number of aldehydes is 1. The minimum absolute atomic E-state index is 0.224. The lowest BCUT2D eigenvalue weighted by molar-refractivity contribution is -0.140. The smallest absolute Gasteiger partial charge is 0.419 e. The van der Waals surface area contributed by atoms with Gasteiger partial charge in [-0.05, 0) is 12.1 Å². The van der Waals surface area contributed by atoms with Gasteiger partial charge in [0.1, 0.15) is 0 Å². The van der Waals surface area contributed by atoms with E-state index in [0.717, 1.165) is 13.2 Å². The zero-order valence-electron chi connectivity index (χ0n) is 7.56. The summed E-state index contributed by atoms with van der Waals surface area (Å²) in [5, 5.41) is 0. The molecule has 0 saturated heterocycles. The lowest BCUT2D eigenvalue weighted by atomic mass is 10.1. The van der Waals surface area contributed by atoms with Crippen LogP contribution in [0.5, 0.6) is 5.75 Å². The van der Waals surface area contributed by atoms with Crippen molar-refractivity contribution in [2.24, 2.45) is 0 Å². The number of rotatable bonds is 2. The lowest BCUT2D eigenvalue weighted by Crippen LogP contribution is -2.10. The van der Waals surface area contributed by atoms with Crippen molar-refractivity contribution in [2.45, 2.75) is 6.18 Å². The Balaban J connectivity index is 3.42. The first-order chi connectivity index (χ1) is 6.91. The molecule has 1 aromatic carbocycles. The van der Waals surface area contributed by atoms with Gasteiger partial charge in [0.25, 0.3) is 0 Å². The molecule has 2 nitrogen and oxygen atoms in total. The Bertz CT molecular complexity index is 384. The van der Waals surface area contributed by atoms with Crippen LogP contribution in [0.4, 0.5) is 17.6 Å². The van der Waals surface area contributed by atoms with Crippen molar-refractivity contribution in [3.8, 4) is 5.75 Å². The summed E-state index contributed by atoms with van der Waals surface area (Å²) in [5.74, 6) is -2.27. The molecule has 0 radical (unpaired) electrons. The Morgan fingerprint density at radius 1 is 1.33 bits per heavy atom. The summed E-state index contributed by atoms with van der Waals surface area (Å²) in [4.78, 5) is 10.4. The van der Waals surface area contributed by atoms with Gasteiger partial charge >= 0.3 is 6.18 Å². The third-order valence-electron chi connectivity index (χ3n) is 1.76. The lowest BCUT2D eigenvalue weighted by Gasteiger charge is -2.11. The van der Waals surface area contributed by atoms with Crippen LogP contribution in [0, 0.1) is 5.82 Å². The first-order valence-electron chi connectivity index (χ1n) is 3.80. The van der Waals surface area contributed by atoms with Crippen molar-refractivity contribution in [3.05, 3.63) is 29.1 Å². The molecule has 0 N–H and O–H groups in total. The van der Waals surface area contributed by atoms with Crippen molar-refractivity contribution in [1.82, 2.24) is 0 Å². The van der Waals surface area contributed by atoms with Crippen LogP contribution < -0.4 is 4.74 Å². The molecule has 0 aliphatic heterocycles. The Kier molecular flexibility index (Phi) is 2.97. The zero-order chi connectivity index (χ0) is 11.6. The van der Waals surface area contributed by atoms with Crippen LogP contribution in [0.15, 0.2) is 12.1 Å². The van der Waals surface area contributed by atoms with Gasteiger partial charge in [0.05, 0.1) is 18.2 Å². The second-order valence-electron chi connectivity index (χ2n) is 2.67. The quantitative estimate of drug-likeness (QED) is 0.568. The topological polar surface area (TPSA) is 26.3 Å². The molecular weight excluding hydrogens is 216 g/mol. The maximum Gasteiger partial charge on any atom is 0.419 e. The number of hydrogen-bond donors (Lipinski definition) is 0. The summed E-state index contributed by atoms with van der Waals surface area (Å²) in [5.41, 5.74) is -1.71. The molecule has 0 spiro atoms. The van der Waals surface area contributed by atoms with E-state index in [-0.39, 0.29) is 11.8 Å². The van der Waals surface area contributed by atoms with Crippen LogP contribution in [-0.2, 0) is 6.18 Å². The molecule has 0 fully saturated rings. The highest BCUT2D eigenvalue weighted by atomic mass is 19.4. The number of halogens is 4. The van der Waals surface area contributed by atoms with Crippen LogP contribution >= 0.6 is 0 Å². The number of ether oxygens (including phenoxy) is 1. The summed E-state index contributed by atoms with van der Waals surface area (Å²) >= 11 is 0. The first kappa shape index (κ1) is 11.5. The second kappa shape index (κ2) is 3.88. The van der Waals surface area contributed by atoms with Crippen molar-refractivity contribution < 1.29 is 27.1 Å². The maximum absolute atomic E-state index is 13.2. The van der Waals surface area contributed by atoms with Crippen LogP contribution in [-0.4, -0.2) is 13.4 Å². The van der Waals surface area contributed by atoms with E-state index in [1.807, 2.05) is 0 Å². The SMILES string of the molecule is COc1c(C=O)ccc(C(F)(F)F)c1F. The maximum atomic E-state index is 13.2. The Labute approximate surface area is 82.5 Å².